The summed E-state index contributed by atoms with van der Waals surface area (Å²) in [6.07, 6.45) is 1.45. The average Bonchev–Trinajstić information content (AvgIpc) is 2.73. The number of likely N-dealkylation sites (N-methyl/N-ethyl adjacent to an activating group) is 1. The molecule has 8 nitrogen and oxygen atoms in total. The molecule has 0 radical (unpaired) electrons. The third kappa shape index (κ3) is 3.60. The van der Waals surface area contributed by atoms with E-state index in [9.17, 15) is 24.5 Å². The molecule has 0 N–H and O–H groups in total. The third-order valence-electron chi connectivity index (χ3n) is 3.43. The highest BCUT2D eigenvalue weighted by Gasteiger charge is 2.34. The van der Waals surface area contributed by atoms with Crippen LogP contribution in [-0.4, -0.2) is 52.6 Å². The Morgan fingerprint density at radius 1 is 1.39 bits per heavy atom. The molecule has 8 heteroatoms. The minimum atomic E-state index is -0.534. The fourth-order valence-electron chi connectivity index (χ4n) is 2.18. The summed E-state index contributed by atoms with van der Waals surface area (Å²) in [5.41, 5.74) is 0.578. The van der Waals surface area contributed by atoms with Crippen LogP contribution in [0.2, 0.25) is 0 Å². The van der Waals surface area contributed by atoms with Gasteiger partial charge in [-0.3, -0.25) is 24.6 Å². The fraction of sp³-hybridized carbons (Fsp3) is 0.267. The Bertz CT molecular complexity index is 726. The normalized spacial score (nSPS) is 15.3. The Morgan fingerprint density at radius 2 is 2.09 bits per heavy atom. The largest absolute Gasteiger partial charge is 0.327 e. The van der Waals surface area contributed by atoms with Gasteiger partial charge < -0.3 is 4.90 Å². The summed E-state index contributed by atoms with van der Waals surface area (Å²) in [5, 5.41) is 10.8. The van der Waals surface area contributed by atoms with Crippen LogP contribution in [0.25, 0.3) is 6.08 Å². The zero-order valence-electron chi connectivity index (χ0n) is 12.7. The quantitative estimate of drug-likeness (QED) is 0.354. The fourth-order valence-corrected chi connectivity index (χ4v) is 2.18. The lowest BCUT2D eigenvalue weighted by Crippen LogP contribution is -2.34. The van der Waals surface area contributed by atoms with Gasteiger partial charge in [0.15, 0.2) is 5.78 Å². The first-order valence-electron chi connectivity index (χ1n) is 6.81. The zero-order valence-corrected chi connectivity index (χ0v) is 12.7. The maximum atomic E-state index is 11.9. The van der Waals surface area contributed by atoms with Crippen molar-refractivity contribution in [2.75, 3.05) is 20.1 Å². The van der Waals surface area contributed by atoms with Crippen molar-refractivity contribution in [3.8, 4) is 0 Å². The van der Waals surface area contributed by atoms with Gasteiger partial charge in [-0.15, -0.1) is 0 Å². The van der Waals surface area contributed by atoms with Crippen molar-refractivity contribution >= 4 is 29.5 Å². The molecular weight excluding hydrogens is 302 g/mol. The van der Waals surface area contributed by atoms with Crippen LogP contribution in [0.15, 0.2) is 29.8 Å². The standard InChI is InChI=1S/C15H15N3O5/c1-10(19)12(8-17-14(20)9-16(2)15(17)21)6-11-4-3-5-13(7-11)18(22)23/h3-7H,8-9H2,1-2H3/b12-6+. The Morgan fingerprint density at radius 3 is 2.61 bits per heavy atom. The topological polar surface area (TPSA) is 101 Å². The van der Waals surface area contributed by atoms with Crippen molar-refractivity contribution in [1.82, 2.24) is 9.80 Å². The molecule has 1 saturated heterocycles. The van der Waals surface area contributed by atoms with E-state index in [1.807, 2.05) is 0 Å². The van der Waals surface area contributed by atoms with E-state index in [0.717, 1.165) is 4.90 Å². The minimum absolute atomic E-state index is 0.0270. The van der Waals surface area contributed by atoms with Crippen molar-refractivity contribution in [2.45, 2.75) is 6.92 Å². The van der Waals surface area contributed by atoms with Crippen molar-refractivity contribution < 1.29 is 19.3 Å². The lowest BCUT2D eigenvalue weighted by Gasteiger charge is -2.15. The number of carbonyl (C=O) groups is 3. The predicted molar refractivity (Wildman–Crippen MR) is 81.5 cm³/mol. The molecule has 0 aliphatic carbocycles. The van der Waals surface area contributed by atoms with Gasteiger partial charge in [-0.1, -0.05) is 12.1 Å². The average molecular weight is 317 g/mol. The van der Waals surface area contributed by atoms with Crippen LogP contribution in [0, 0.1) is 10.1 Å². The second-order valence-corrected chi connectivity index (χ2v) is 5.20. The van der Waals surface area contributed by atoms with Crippen LogP contribution in [0.4, 0.5) is 10.5 Å². The third-order valence-corrected chi connectivity index (χ3v) is 3.43. The van der Waals surface area contributed by atoms with Gasteiger partial charge in [0.2, 0.25) is 0 Å². The maximum absolute atomic E-state index is 11.9. The van der Waals surface area contributed by atoms with Crippen LogP contribution in [-0.2, 0) is 9.59 Å². The van der Waals surface area contributed by atoms with Crippen LogP contribution in [0.5, 0.6) is 0 Å². The molecule has 120 valence electrons. The van der Waals surface area contributed by atoms with E-state index < -0.39 is 11.0 Å². The number of nitro groups is 1. The molecule has 0 bridgehead atoms. The molecule has 1 aromatic rings. The van der Waals surface area contributed by atoms with Crippen LogP contribution in [0.1, 0.15) is 12.5 Å². The number of hydrogen-bond acceptors (Lipinski definition) is 5. The number of rotatable bonds is 5. The van der Waals surface area contributed by atoms with E-state index >= 15 is 0 Å². The molecule has 1 fully saturated rings. The van der Waals surface area contributed by atoms with E-state index in [0.29, 0.717) is 5.56 Å². The number of nitrogens with zero attached hydrogens (tertiary/aromatic N) is 3. The molecule has 0 aromatic heterocycles. The molecule has 1 heterocycles. The number of non-ortho nitro benzene ring substituents is 1. The number of benzene rings is 1. The summed E-state index contributed by atoms with van der Waals surface area (Å²) in [6, 6.07) is 5.30. The lowest BCUT2D eigenvalue weighted by molar-refractivity contribution is -0.384. The van der Waals surface area contributed by atoms with Gasteiger partial charge in [0.1, 0.15) is 6.54 Å². The lowest BCUT2D eigenvalue weighted by atomic mass is 10.1. The number of carbonyl (C=O) groups excluding carboxylic acids is 3. The van der Waals surface area contributed by atoms with Gasteiger partial charge >= 0.3 is 6.03 Å². The minimum Gasteiger partial charge on any atom is -0.318 e. The first-order chi connectivity index (χ1) is 10.8. The first-order valence-corrected chi connectivity index (χ1v) is 6.81. The second kappa shape index (κ2) is 6.39. The van der Waals surface area contributed by atoms with Gasteiger partial charge in [-0.25, -0.2) is 4.79 Å². The molecule has 0 spiro atoms. The number of hydrogen-bond donors (Lipinski definition) is 0. The molecule has 0 atom stereocenters. The summed E-state index contributed by atoms with van der Waals surface area (Å²) in [4.78, 5) is 47.9. The van der Waals surface area contributed by atoms with Crippen molar-refractivity contribution in [3.05, 3.63) is 45.5 Å². The van der Waals surface area contributed by atoms with Gasteiger partial charge in [-0.2, -0.15) is 0 Å². The molecule has 1 aromatic carbocycles. The summed E-state index contributed by atoms with van der Waals surface area (Å²) >= 11 is 0. The van der Waals surface area contributed by atoms with E-state index in [-0.39, 0.29) is 36.0 Å². The van der Waals surface area contributed by atoms with E-state index in [1.54, 1.807) is 6.07 Å². The van der Waals surface area contributed by atoms with E-state index in [2.05, 4.69) is 0 Å². The SMILES string of the molecule is CC(=O)/C(=C/c1cccc([N+](=O)[O-])c1)CN1C(=O)CN(C)C1=O. The molecule has 0 saturated carbocycles. The van der Waals surface area contributed by atoms with Gasteiger partial charge in [0, 0.05) is 24.8 Å². The Balaban J connectivity index is 2.30. The predicted octanol–water partition coefficient (Wildman–Crippen LogP) is 1.46. The van der Waals surface area contributed by atoms with Crippen LogP contribution >= 0.6 is 0 Å². The summed E-state index contributed by atoms with van der Waals surface area (Å²) < 4.78 is 0. The molecule has 2 rings (SSSR count). The molecule has 3 amide bonds. The maximum Gasteiger partial charge on any atom is 0.327 e. The number of ketones is 1. The molecular formula is C15H15N3O5. The van der Waals surface area contributed by atoms with E-state index in [4.69, 9.17) is 0 Å². The summed E-state index contributed by atoms with van der Waals surface area (Å²) in [5.74, 6) is -0.699. The molecule has 1 aliphatic heterocycles. The molecule has 1 aliphatic rings. The number of imide groups is 1. The number of nitro benzene ring substituents is 1. The zero-order chi connectivity index (χ0) is 17.1. The summed E-state index contributed by atoms with van der Waals surface area (Å²) in [6.45, 7) is 1.14. The summed E-state index contributed by atoms with van der Waals surface area (Å²) in [7, 11) is 1.50. The van der Waals surface area contributed by atoms with Gasteiger partial charge in [-0.05, 0) is 18.6 Å². The second-order valence-electron chi connectivity index (χ2n) is 5.20. The van der Waals surface area contributed by atoms with E-state index in [1.165, 1.54) is 43.1 Å². The molecule has 0 unspecified atom stereocenters. The highest BCUT2D eigenvalue weighted by molar-refractivity contribution is 6.05. The Hall–Kier alpha value is -3.03. The highest BCUT2D eigenvalue weighted by atomic mass is 16.6. The Labute approximate surface area is 132 Å². The first kappa shape index (κ1) is 16.3. The van der Waals surface area contributed by atoms with Crippen LogP contribution < -0.4 is 0 Å². The van der Waals surface area contributed by atoms with Crippen LogP contribution in [0.3, 0.4) is 0 Å². The number of amides is 3. The highest BCUT2D eigenvalue weighted by Crippen LogP contribution is 2.18. The van der Waals surface area contributed by atoms with Crippen molar-refractivity contribution in [2.24, 2.45) is 0 Å². The smallest absolute Gasteiger partial charge is 0.318 e. The Kier molecular flexibility index (Phi) is 4.54. The van der Waals surface area contributed by atoms with Gasteiger partial charge in [0.05, 0.1) is 11.5 Å². The monoisotopic (exact) mass is 317 g/mol. The number of Topliss-reactive ketones (excluding diaryl/α,β-unsaturated/α-hetero) is 1. The molecule has 23 heavy (non-hydrogen) atoms. The van der Waals surface area contributed by atoms with Crippen molar-refractivity contribution in [1.29, 1.82) is 0 Å². The number of urea groups is 1. The van der Waals surface area contributed by atoms with Gasteiger partial charge in [0.25, 0.3) is 11.6 Å². The van der Waals surface area contributed by atoms with Crippen molar-refractivity contribution in [3.63, 3.8) is 0 Å².